The van der Waals surface area contributed by atoms with E-state index in [4.69, 9.17) is 0 Å². The van der Waals surface area contributed by atoms with Gasteiger partial charge in [-0.15, -0.1) is 11.3 Å². The number of rotatable bonds is 6. The second kappa shape index (κ2) is 9.45. The highest BCUT2D eigenvalue weighted by molar-refractivity contribution is 7.14. The summed E-state index contributed by atoms with van der Waals surface area (Å²) in [6, 6.07) is 13.2. The smallest absolute Gasteiger partial charge is 0.271 e. The minimum Gasteiger partial charge on any atom is -0.274 e. The first kappa shape index (κ1) is 21.4. The van der Waals surface area contributed by atoms with E-state index in [1.54, 1.807) is 22.4 Å². The maximum Gasteiger partial charge on any atom is 0.271 e. The zero-order valence-electron chi connectivity index (χ0n) is 17.5. The largest absolute Gasteiger partial charge is 0.274 e. The molecule has 3 aromatic rings. The molecule has 0 saturated heterocycles. The maximum atomic E-state index is 12.3. The van der Waals surface area contributed by atoms with Crippen LogP contribution in [0.4, 0.5) is 10.8 Å². The molecule has 1 aromatic heterocycles. The first-order chi connectivity index (χ1) is 14.4. The number of benzene rings is 2. The molecule has 2 amide bonds. The van der Waals surface area contributed by atoms with Gasteiger partial charge in [0.1, 0.15) is 0 Å². The Kier molecular flexibility index (Phi) is 6.74. The summed E-state index contributed by atoms with van der Waals surface area (Å²) < 4.78 is 0. The average Bonchev–Trinajstić information content (AvgIpc) is 3.19. The number of carbonyl (C=O) groups is 2. The van der Waals surface area contributed by atoms with E-state index in [2.05, 4.69) is 22.4 Å². The summed E-state index contributed by atoms with van der Waals surface area (Å²) in [4.78, 5) is 30.6. The van der Waals surface area contributed by atoms with Crippen molar-refractivity contribution in [3.8, 4) is 0 Å². The zero-order valence-corrected chi connectivity index (χ0v) is 18.3. The molecule has 1 heterocycles. The molecule has 0 fully saturated rings. The SMILES string of the molecule is CCc1ccc(C(=O)N/N=C\c2csc(N(C(C)=O)c3cccc(C)c3C)n2)cc1. The summed E-state index contributed by atoms with van der Waals surface area (Å²) >= 11 is 1.34. The number of aryl methyl sites for hydroxylation is 2. The van der Waals surface area contributed by atoms with Crippen LogP contribution in [-0.2, 0) is 11.2 Å². The van der Waals surface area contributed by atoms with Crippen molar-refractivity contribution in [2.75, 3.05) is 4.90 Å². The number of thiazole rings is 1. The van der Waals surface area contributed by atoms with E-state index in [0.29, 0.717) is 16.4 Å². The lowest BCUT2D eigenvalue weighted by atomic mass is 10.1. The van der Waals surface area contributed by atoms with E-state index in [1.165, 1.54) is 30.0 Å². The van der Waals surface area contributed by atoms with Crippen molar-refractivity contribution in [3.63, 3.8) is 0 Å². The molecular weight excluding hydrogens is 396 g/mol. The average molecular weight is 421 g/mol. The number of hydrogen-bond donors (Lipinski definition) is 1. The van der Waals surface area contributed by atoms with Gasteiger partial charge in [0.2, 0.25) is 5.91 Å². The van der Waals surface area contributed by atoms with Gasteiger partial charge in [-0.05, 0) is 55.2 Å². The third kappa shape index (κ3) is 4.80. The monoisotopic (exact) mass is 420 g/mol. The van der Waals surface area contributed by atoms with E-state index < -0.39 is 0 Å². The Bertz CT molecular complexity index is 1090. The number of amides is 2. The van der Waals surface area contributed by atoms with Gasteiger partial charge in [0.05, 0.1) is 17.6 Å². The zero-order chi connectivity index (χ0) is 21.7. The third-order valence-corrected chi connectivity index (χ3v) is 5.66. The Morgan fingerprint density at radius 1 is 1.17 bits per heavy atom. The molecule has 7 heteroatoms. The number of anilines is 2. The van der Waals surface area contributed by atoms with Gasteiger partial charge in [0, 0.05) is 17.9 Å². The topological polar surface area (TPSA) is 74.7 Å². The summed E-state index contributed by atoms with van der Waals surface area (Å²) in [5.41, 5.74) is 7.73. The molecule has 0 atom stereocenters. The third-order valence-electron chi connectivity index (χ3n) is 4.82. The Labute approximate surface area is 180 Å². The van der Waals surface area contributed by atoms with Crippen LogP contribution >= 0.6 is 11.3 Å². The van der Waals surface area contributed by atoms with Crippen molar-refractivity contribution in [2.24, 2.45) is 5.10 Å². The van der Waals surface area contributed by atoms with E-state index in [1.807, 2.05) is 44.2 Å². The number of hydrazone groups is 1. The van der Waals surface area contributed by atoms with Gasteiger partial charge < -0.3 is 0 Å². The highest BCUT2D eigenvalue weighted by atomic mass is 32.1. The summed E-state index contributed by atoms with van der Waals surface area (Å²) in [5, 5.41) is 6.35. The van der Waals surface area contributed by atoms with Crippen LogP contribution in [-0.4, -0.2) is 23.0 Å². The molecule has 0 radical (unpaired) electrons. The van der Waals surface area contributed by atoms with Crippen molar-refractivity contribution in [1.29, 1.82) is 0 Å². The van der Waals surface area contributed by atoms with Gasteiger partial charge in [0.15, 0.2) is 5.13 Å². The molecule has 0 spiro atoms. The lowest BCUT2D eigenvalue weighted by Gasteiger charge is -2.21. The van der Waals surface area contributed by atoms with Crippen LogP contribution in [0.5, 0.6) is 0 Å². The molecule has 0 aliphatic heterocycles. The maximum absolute atomic E-state index is 12.3. The summed E-state index contributed by atoms with van der Waals surface area (Å²) in [6.45, 7) is 7.57. The molecule has 0 saturated carbocycles. The fourth-order valence-electron chi connectivity index (χ4n) is 2.94. The first-order valence-electron chi connectivity index (χ1n) is 9.65. The molecule has 2 aromatic carbocycles. The Balaban J connectivity index is 1.73. The fourth-order valence-corrected chi connectivity index (χ4v) is 3.77. The van der Waals surface area contributed by atoms with Crippen LogP contribution < -0.4 is 10.3 Å². The van der Waals surface area contributed by atoms with Crippen LogP contribution in [0.3, 0.4) is 0 Å². The molecule has 0 aliphatic carbocycles. The number of carbonyl (C=O) groups excluding carboxylic acids is 2. The lowest BCUT2D eigenvalue weighted by Crippen LogP contribution is -2.23. The van der Waals surface area contributed by atoms with Gasteiger partial charge in [-0.2, -0.15) is 5.10 Å². The van der Waals surface area contributed by atoms with Crippen LogP contribution in [0.15, 0.2) is 52.9 Å². The summed E-state index contributed by atoms with van der Waals surface area (Å²) in [5.74, 6) is -0.407. The van der Waals surface area contributed by atoms with Crippen LogP contribution in [0, 0.1) is 13.8 Å². The second-order valence-electron chi connectivity index (χ2n) is 6.88. The molecule has 0 bridgehead atoms. The van der Waals surface area contributed by atoms with Crippen LogP contribution in [0.25, 0.3) is 0 Å². The highest BCUT2D eigenvalue weighted by Crippen LogP contribution is 2.32. The van der Waals surface area contributed by atoms with Gasteiger partial charge in [-0.3, -0.25) is 14.5 Å². The predicted octanol–water partition coefficient (Wildman–Crippen LogP) is 4.77. The van der Waals surface area contributed by atoms with E-state index in [0.717, 1.165) is 23.2 Å². The number of nitrogens with one attached hydrogen (secondary N) is 1. The lowest BCUT2D eigenvalue weighted by molar-refractivity contribution is -0.115. The van der Waals surface area contributed by atoms with Crippen molar-refractivity contribution >= 4 is 40.2 Å². The molecule has 0 unspecified atom stereocenters. The molecule has 30 heavy (non-hydrogen) atoms. The van der Waals surface area contributed by atoms with Crippen molar-refractivity contribution in [2.45, 2.75) is 34.1 Å². The van der Waals surface area contributed by atoms with Gasteiger partial charge >= 0.3 is 0 Å². The predicted molar refractivity (Wildman–Crippen MR) is 122 cm³/mol. The van der Waals surface area contributed by atoms with E-state index in [-0.39, 0.29) is 11.8 Å². The van der Waals surface area contributed by atoms with E-state index in [9.17, 15) is 9.59 Å². The highest BCUT2D eigenvalue weighted by Gasteiger charge is 2.20. The summed E-state index contributed by atoms with van der Waals surface area (Å²) in [6.07, 6.45) is 2.39. The number of aromatic nitrogens is 1. The molecule has 154 valence electrons. The van der Waals surface area contributed by atoms with Crippen molar-refractivity contribution in [1.82, 2.24) is 10.4 Å². The minimum absolute atomic E-state index is 0.120. The van der Waals surface area contributed by atoms with Crippen LogP contribution in [0.2, 0.25) is 0 Å². The quantitative estimate of drug-likeness (QED) is 0.461. The molecule has 0 aliphatic rings. The Morgan fingerprint density at radius 2 is 1.90 bits per heavy atom. The number of nitrogens with zero attached hydrogens (tertiary/aromatic N) is 3. The first-order valence-corrected chi connectivity index (χ1v) is 10.5. The van der Waals surface area contributed by atoms with Crippen molar-refractivity contribution in [3.05, 3.63) is 75.8 Å². The summed E-state index contributed by atoms with van der Waals surface area (Å²) in [7, 11) is 0. The molecular formula is C23H24N4O2S. The standard InChI is InChI=1S/C23H24N4O2S/c1-5-18-9-11-19(12-10-18)22(29)26-24-13-20-14-30-23(25-20)27(17(4)28)21-8-6-7-15(2)16(21)3/h6-14H,5H2,1-4H3,(H,26,29)/b24-13-. The molecule has 6 nitrogen and oxygen atoms in total. The normalized spacial score (nSPS) is 10.9. The van der Waals surface area contributed by atoms with E-state index >= 15 is 0 Å². The van der Waals surface area contributed by atoms with Gasteiger partial charge in [0.25, 0.3) is 5.91 Å². The molecule has 1 N–H and O–H groups in total. The van der Waals surface area contributed by atoms with Gasteiger partial charge in [-0.25, -0.2) is 10.4 Å². The van der Waals surface area contributed by atoms with Crippen molar-refractivity contribution < 1.29 is 9.59 Å². The minimum atomic E-state index is -0.287. The Hall–Kier alpha value is -3.32. The molecule has 3 rings (SSSR count). The van der Waals surface area contributed by atoms with Gasteiger partial charge in [-0.1, -0.05) is 31.2 Å². The Morgan fingerprint density at radius 3 is 2.57 bits per heavy atom. The fraction of sp³-hybridized carbons (Fsp3) is 0.217. The number of hydrogen-bond acceptors (Lipinski definition) is 5. The van der Waals surface area contributed by atoms with Crippen LogP contribution in [0.1, 0.15) is 46.6 Å². The second-order valence-corrected chi connectivity index (χ2v) is 7.71.